The zero-order valence-electron chi connectivity index (χ0n) is 14.7. The lowest BCUT2D eigenvalue weighted by atomic mass is 10.1. The van der Waals surface area contributed by atoms with Crippen LogP contribution < -0.4 is 10.3 Å². The number of alkyl halides is 3. The summed E-state index contributed by atoms with van der Waals surface area (Å²) in [4.78, 5) is 8.26. The van der Waals surface area contributed by atoms with Crippen LogP contribution in [0.15, 0.2) is 41.6 Å². The van der Waals surface area contributed by atoms with Crippen LogP contribution in [0.4, 0.5) is 24.7 Å². The molecule has 0 amide bonds. The van der Waals surface area contributed by atoms with Crippen LogP contribution in [0, 0.1) is 0 Å². The molecule has 5 nitrogen and oxygen atoms in total. The fourth-order valence-electron chi connectivity index (χ4n) is 2.77. The Morgan fingerprint density at radius 2 is 1.89 bits per heavy atom. The van der Waals surface area contributed by atoms with Crippen molar-refractivity contribution in [2.75, 3.05) is 43.6 Å². The molecule has 3 rings (SSSR count). The Bertz CT molecular complexity index is 817. The van der Waals surface area contributed by atoms with Crippen molar-refractivity contribution in [2.24, 2.45) is 5.10 Å². The van der Waals surface area contributed by atoms with Gasteiger partial charge in [0, 0.05) is 43.6 Å². The fourth-order valence-corrected chi connectivity index (χ4v) is 2.98. The van der Waals surface area contributed by atoms with Gasteiger partial charge in [-0.1, -0.05) is 29.8 Å². The second kappa shape index (κ2) is 8.14. The number of anilines is 2. The molecule has 0 unspecified atom stereocenters. The summed E-state index contributed by atoms with van der Waals surface area (Å²) in [6, 6.07) is 8.65. The van der Waals surface area contributed by atoms with Gasteiger partial charge in [-0.15, -0.1) is 0 Å². The van der Waals surface area contributed by atoms with Crippen molar-refractivity contribution in [1.82, 2.24) is 9.88 Å². The molecule has 9 heteroatoms. The van der Waals surface area contributed by atoms with Crippen LogP contribution in [0.1, 0.15) is 11.1 Å². The fraction of sp³-hybridized carbons (Fsp3) is 0.333. The van der Waals surface area contributed by atoms with Crippen molar-refractivity contribution in [3.8, 4) is 0 Å². The SMILES string of the molecule is CN1CCN(c2ccccc2/C=N/Nc2ncc(C(F)(F)F)cc2Cl)CC1. The molecule has 1 aliphatic rings. The summed E-state index contributed by atoms with van der Waals surface area (Å²) in [6.07, 6.45) is -2.15. The van der Waals surface area contributed by atoms with Gasteiger partial charge in [0.1, 0.15) is 0 Å². The first kappa shape index (κ1) is 19.4. The van der Waals surface area contributed by atoms with E-state index in [1.807, 2.05) is 24.3 Å². The third kappa shape index (κ3) is 4.90. The second-order valence-electron chi connectivity index (χ2n) is 6.27. The molecular weight excluding hydrogens is 379 g/mol. The molecule has 1 saturated heterocycles. The molecule has 0 radical (unpaired) electrons. The number of benzene rings is 1. The van der Waals surface area contributed by atoms with Crippen LogP contribution >= 0.6 is 11.6 Å². The highest BCUT2D eigenvalue weighted by Crippen LogP contribution is 2.32. The minimum Gasteiger partial charge on any atom is -0.368 e. The van der Waals surface area contributed by atoms with Crippen molar-refractivity contribution in [3.05, 3.63) is 52.7 Å². The van der Waals surface area contributed by atoms with Crippen molar-refractivity contribution in [1.29, 1.82) is 0 Å². The molecule has 144 valence electrons. The maximum atomic E-state index is 12.7. The highest BCUT2D eigenvalue weighted by Gasteiger charge is 2.31. The summed E-state index contributed by atoms with van der Waals surface area (Å²) >= 11 is 5.87. The first-order valence-electron chi connectivity index (χ1n) is 8.39. The topological polar surface area (TPSA) is 43.8 Å². The van der Waals surface area contributed by atoms with Crippen molar-refractivity contribution in [3.63, 3.8) is 0 Å². The maximum absolute atomic E-state index is 12.7. The molecule has 1 aromatic heterocycles. The predicted molar refractivity (Wildman–Crippen MR) is 102 cm³/mol. The van der Waals surface area contributed by atoms with E-state index in [-0.39, 0.29) is 10.8 Å². The Hall–Kier alpha value is -2.32. The number of nitrogens with zero attached hydrogens (tertiary/aromatic N) is 4. The summed E-state index contributed by atoms with van der Waals surface area (Å²) in [5.74, 6) is 0.0676. The molecule has 1 aliphatic heterocycles. The number of hydrogen-bond acceptors (Lipinski definition) is 5. The van der Waals surface area contributed by atoms with E-state index in [4.69, 9.17) is 11.6 Å². The molecule has 2 heterocycles. The van der Waals surface area contributed by atoms with Gasteiger partial charge in [-0.3, -0.25) is 5.43 Å². The molecule has 1 N–H and O–H groups in total. The minimum atomic E-state index is -4.49. The smallest absolute Gasteiger partial charge is 0.368 e. The molecule has 1 aromatic carbocycles. The largest absolute Gasteiger partial charge is 0.417 e. The number of hydrogen-bond donors (Lipinski definition) is 1. The first-order chi connectivity index (χ1) is 12.8. The molecular formula is C18H19ClF3N5. The first-order valence-corrected chi connectivity index (χ1v) is 8.77. The van der Waals surface area contributed by atoms with E-state index in [1.54, 1.807) is 6.21 Å². The Morgan fingerprint density at radius 1 is 1.19 bits per heavy atom. The average molecular weight is 398 g/mol. The van der Waals surface area contributed by atoms with Gasteiger partial charge in [-0.25, -0.2) is 4.98 Å². The van der Waals surface area contributed by atoms with Crippen LogP contribution in [-0.2, 0) is 6.18 Å². The van der Waals surface area contributed by atoms with Gasteiger partial charge < -0.3 is 9.80 Å². The van der Waals surface area contributed by atoms with Crippen molar-refractivity contribution >= 4 is 29.3 Å². The lowest BCUT2D eigenvalue weighted by Crippen LogP contribution is -2.44. The molecule has 0 saturated carbocycles. The lowest BCUT2D eigenvalue weighted by Gasteiger charge is -2.34. The Labute approximate surface area is 160 Å². The van der Waals surface area contributed by atoms with Gasteiger partial charge in [-0.05, 0) is 19.2 Å². The van der Waals surface area contributed by atoms with Crippen LogP contribution in [0.3, 0.4) is 0 Å². The van der Waals surface area contributed by atoms with Crippen LogP contribution in [0.2, 0.25) is 5.02 Å². The highest BCUT2D eigenvalue weighted by atomic mass is 35.5. The van der Waals surface area contributed by atoms with Crippen LogP contribution in [0.5, 0.6) is 0 Å². The van der Waals surface area contributed by atoms with Crippen LogP contribution in [0.25, 0.3) is 0 Å². The molecule has 0 aliphatic carbocycles. The maximum Gasteiger partial charge on any atom is 0.417 e. The van der Waals surface area contributed by atoms with Gasteiger partial charge in [-0.2, -0.15) is 18.3 Å². The Kier molecular flexibility index (Phi) is 5.86. The number of nitrogens with one attached hydrogen (secondary N) is 1. The van der Waals surface area contributed by atoms with Gasteiger partial charge in [0.2, 0.25) is 0 Å². The Balaban J connectivity index is 1.72. The molecule has 1 fully saturated rings. The molecule has 2 aromatic rings. The lowest BCUT2D eigenvalue weighted by molar-refractivity contribution is -0.137. The molecule has 27 heavy (non-hydrogen) atoms. The van der Waals surface area contributed by atoms with Gasteiger partial charge >= 0.3 is 6.18 Å². The van der Waals surface area contributed by atoms with E-state index < -0.39 is 11.7 Å². The van der Waals surface area contributed by atoms with E-state index in [2.05, 4.69) is 32.4 Å². The molecule has 0 atom stereocenters. The average Bonchev–Trinajstić information content (AvgIpc) is 2.63. The third-order valence-corrected chi connectivity index (χ3v) is 4.61. The van der Waals surface area contributed by atoms with Crippen molar-refractivity contribution in [2.45, 2.75) is 6.18 Å². The standard InChI is InChI=1S/C18H19ClF3N5/c1-26-6-8-27(9-7-26)16-5-3-2-4-13(16)11-24-25-17-15(19)10-14(12-23-17)18(20,21)22/h2-5,10-12H,6-9H2,1H3,(H,23,25)/b24-11+. The monoisotopic (exact) mass is 397 g/mol. The Morgan fingerprint density at radius 3 is 2.56 bits per heavy atom. The van der Waals surface area contributed by atoms with E-state index in [0.717, 1.165) is 49.7 Å². The van der Waals surface area contributed by atoms with Gasteiger partial charge in [0.15, 0.2) is 5.82 Å². The predicted octanol–water partition coefficient (Wildman–Crippen LogP) is 3.95. The highest BCUT2D eigenvalue weighted by molar-refractivity contribution is 6.32. The normalized spacial score (nSPS) is 16.1. The summed E-state index contributed by atoms with van der Waals surface area (Å²) < 4.78 is 38.0. The minimum absolute atomic E-state index is 0.0676. The third-order valence-electron chi connectivity index (χ3n) is 4.32. The number of hydrazone groups is 1. The number of rotatable bonds is 4. The summed E-state index contributed by atoms with van der Waals surface area (Å²) in [5, 5.41) is 3.95. The summed E-state index contributed by atoms with van der Waals surface area (Å²) in [5.41, 5.74) is 3.67. The number of para-hydroxylation sites is 1. The van der Waals surface area contributed by atoms with Gasteiger partial charge in [0.05, 0.1) is 16.8 Å². The summed E-state index contributed by atoms with van der Waals surface area (Å²) in [6.45, 7) is 3.80. The molecule has 0 bridgehead atoms. The number of likely N-dealkylation sites (N-methyl/N-ethyl adjacent to an activating group) is 1. The van der Waals surface area contributed by atoms with Gasteiger partial charge in [0.25, 0.3) is 0 Å². The number of halogens is 4. The zero-order valence-corrected chi connectivity index (χ0v) is 15.4. The molecule has 0 spiro atoms. The number of pyridine rings is 1. The summed E-state index contributed by atoms with van der Waals surface area (Å²) in [7, 11) is 2.09. The second-order valence-corrected chi connectivity index (χ2v) is 6.68. The van der Waals surface area contributed by atoms with E-state index in [0.29, 0.717) is 0 Å². The van der Waals surface area contributed by atoms with Crippen LogP contribution in [-0.4, -0.2) is 49.3 Å². The number of aromatic nitrogens is 1. The quantitative estimate of drug-likeness (QED) is 0.626. The zero-order chi connectivity index (χ0) is 19.4. The van der Waals surface area contributed by atoms with E-state index in [1.165, 1.54) is 0 Å². The van der Waals surface area contributed by atoms with Crippen molar-refractivity contribution < 1.29 is 13.2 Å². The van der Waals surface area contributed by atoms with E-state index >= 15 is 0 Å². The van der Waals surface area contributed by atoms with E-state index in [9.17, 15) is 13.2 Å². The number of piperazine rings is 1.